The number of aliphatic hydroxyl groups is 1. The van der Waals surface area contributed by atoms with Crippen LogP contribution in [0, 0.1) is 0 Å². The molecule has 5 nitrogen and oxygen atoms in total. The molecule has 0 aromatic heterocycles. The van der Waals surface area contributed by atoms with Crippen LogP contribution < -0.4 is 4.74 Å². The van der Waals surface area contributed by atoms with Gasteiger partial charge in [-0.25, -0.2) is 4.79 Å². The Balaban J connectivity index is 1.83. The van der Waals surface area contributed by atoms with Crippen molar-refractivity contribution >= 4 is 6.09 Å². The van der Waals surface area contributed by atoms with Gasteiger partial charge in [0.05, 0.1) is 6.54 Å². The maximum atomic E-state index is 12.3. The van der Waals surface area contributed by atoms with Crippen LogP contribution in [0.15, 0.2) is 60.7 Å². The second kappa shape index (κ2) is 9.69. The molecule has 0 saturated carbocycles. The first kappa shape index (κ1) is 18.8. The fourth-order valence-electron chi connectivity index (χ4n) is 2.29. The molecule has 0 saturated heterocycles. The first-order valence-electron chi connectivity index (χ1n) is 8.39. The van der Waals surface area contributed by atoms with Crippen LogP contribution in [0.2, 0.25) is 0 Å². The third-order valence-corrected chi connectivity index (χ3v) is 3.66. The molecule has 0 aliphatic rings. The van der Waals surface area contributed by atoms with E-state index in [4.69, 9.17) is 9.47 Å². The van der Waals surface area contributed by atoms with Gasteiger partial charge in [-0.05, 0) is 31.5 Å². The topological polar surface area (TPSA) is 59.0 Å². The number of carbonyl (C=O) groups is 1. The lowest BCUT2D eigenvalue weighted by molar-refractivity contribution is 0.0401. The van der Waals surface area contributed by atoms with Crippen LogP contribution >= 0.6 is 0 Å². The summed E-state index contributed by atoms with van der Waals surface area (Å²) in [4.78, 5) is 13.8. The third kappa shape index (κ3) is 6.47. The summed E-state index contributed by atoms with van der Waals surface area (Å²) in [6.45, 7) is 4.24. The lowest BCUT2D eigenvalue weighted by Crippen LogP contribution is -2.43. The van der Waals surface area contributed by atoms with Crippen LogP contribution in [0.3, 0.4) is 0 Å². The smallest absolute Gasteiger partial charge is 0.410 e. The van der Waals surface area contributed by atoms with Gasteiger partial charge < -0.3 is 19.5 Å². The number of ether oxygens (including phenoxy) is 2. The molecule has 2 aromatic rings. The highest BCUT2D eigenvalue weighted by molar-refractivity contribution is 5.68. The number of rotatable bonds is 8. The molecule has 0 spiro atoms. The van der Waals surface area contributed by atoms with Gasteiger partial charge in [-0.2, -0.15) is 0 Å². The van der Waals surface area contributed by atoms with Crippen molar-refractivity contribution in [3.63, 3.8) is 0 Å². The zero-order valence-corrected chi connectivity index (χ0v) is 14.7. The molecule has 2 aromatic carbocycles. The summed E-state index contributed by atoms with van der Waals surface area (Å²) in [5.74, 6) is 0.685. The van der Waals surface area contributed by atoms with E-state index in [0.717, 1.165) is 5.56 Å². The molecule has 1 unspecified atom stereocenters. The lowest BCUT2D eigenvalue weighted by atomic mass is 10.2. The standard InChI is InChI=1S/C20H25NO4/c1-16(2)21(20(23)25-14-17-9-5-3-6-10-17)13-18(22)15-24-19-11-7-4-8-12-19/h3-12,16,18,22H,13-15H2,1-2H3. The Bertz CT molecular complexity index is 631. The summed E-state index contributed by atoms with van der Waals surface area (Å²) >= 11 is 0. The third-order valence-electron chi connectivity index (χ3n) is 3.66. The monoisotopic (exact) mass is 343 g/mol. The van der Waals surface area contributed by atoms with Gasteiger partial charge in [-0.15, -0.1) is 0 Å². The first-order chi connectivity index (χ1) is 12.1. The molecular formula is C20H25NO4. The van der Waals surface area contributed by atoms with Crippen LogP contribution in [-0.2, 0) is 11.3 Å². The normalized spacial score (nSPS) is 11.8. The fourth-order valence-corrected chi connectivity index (χ4v) is 2.29. The van der Waals surface area contributed by atoms with E-state index in [-0.39, 0.29) is 25.8 Å². The SMILES string of the molecule is CC(C)N(CC(O)COc1ccccc1)C(=O)OCc1ccccc1. The highest BCUT2D eigenvalue weighted by Gasteiger charge is 2.22. The number of aliphatic hydroxyl groups excluding tert-OH is 1. The number of hydrogen-bond acceptors (Lipinski definition) is 4. The van der Waals surface area contributed by atoms with Crippen molar-refractivity contribution in [3.8, 4) is 5.75 Å². The lowest BCUT2D eigenvalue weighted by Gasteiger charge is -2.28. The highest BCUT2D eigenvalue weighted by Crippen LogP contribution is 2.11. The molecule has 0 fully saturated rings. The quantitative estimate of drug-likeness (QED) is 0.797. The number of amides is 1. The van der Waals surface area contributed by atoms with Crippen LogP contribution in [0.5, 0.6) is 5.75 Å². The van der Waals surface area contributed by atoms with Crippen molar-refractivity contribution in [1.82, 2.24) is 4.90 Å². The minimum Gasteiger partial charge on any atom is -0.491 e. The van der Waals surface area contributed by atoms with E-state index in [1.54, 1.807) is 0 Å². The highest BCUT2D eigenvalue weighted by atomic mass is 16.6. The molecule has 1 amide bonds. The summed E-state index contributed by atoms with van der Waals surface area (Å²) in [5.41, 5.74) is 0.924. The Kier molecular flexibility index (Phi) is 7.29. The van der Waals surface area contributed by atoms with Crippen molar-refractivity contribution in [2.24, 2.45) is 0 Å². The maximum Gasteiger partial charge on any atom is 0.410 e. The molecule has 25 heavy (non-hydrogen) atoms. The molecule has 0 radical (unpaired) electrons. The zero-order valence-electron chi connectivity index (χ0n) is 14.7. The van der Waals surface area contributed by atoms with Crippen LogP contribution in [-0.4, -0.2) is 41.4 Å². The van der Waals surface area contributed by atoms with Gasteiger partial charge in [0.25, 0.3) is 0 Å². The van der Waals surface area contributed by atoms with Crippen LogP contribution in [0.25, 0.3) is 0 Å². The summed E-state index contributed by atoms with van der Waals surface area (Å²) in [6, 6.07) is 18.7. The van der Waals surface area contributed by atoms with E-state index in [2.05, 4.69) is 0 Å². The van der Waals surface area contributed by atoms with Crippen molar-refractivity contribution in [3.05, 3.63) is 66.2 Å². The summed E-state index contributed by atoms with van der Waals surface area (Å²) in [5, 5.41) is 10.2. The molecule has 5 heteroatoms. The Labute approximate surface area is 148 Å². The Morgan fingerprint density at radius 2 is 1.64 bits per heavy atom. The fraction of sp³-hybridized carbons (Fsp3) is 0.350. The van der Waals surface area contributed by atoms with Gasteiger partial charge in [0.1, 0.15) is 25.1 Å². The average molecular weight is 343 g/mol. The molecule has 0 bridgehead atoms. The van der Waals surface area contributed by atoms with Crippen molar-refractivity contribution in [2.75, 3.05) is 13.2 Å². The zero-order chi connectivity index (χ0) is 18.1. The molecule has 0 aliphatic carbocycles. The predicted octanol–water partition coefficient (Wildman–Crippen LogP) is 3.47. The molecule has 1 N–H and O–H groups in total. The van der Waals surface area contributed by atoms with E-state index in [9.17, 15) is 9.90 Å². The second-order valence-corrected chi connectivity index (χ2v) is 6.06. The average Bonchev–Trinajstić information content (AvgIpc) is 2.64. The van der Waals surface area contributed by atoms with Crippen molar-refractivity contribution in [1.29, 1.82) is 0 Å². The van der Waals surface area contributed by atoms with Gasteiger partial charge in [-0.1, -0.05) is 48.5 Å². The van der Waals surface area contributed by atoms with Crippen LogP contribution in [0.4, 0.5) is 4.79 Å². The van der Waals surface area contributed by atoms with E-state index >= 15 is 0 Å². The van der Waals surface area contributed by atoms with Crippen molar-refractivity contribution < 1.29 is 19.4 Å². The summed E-state index contributed by atoms with van der Waals surface area (Å²) in [6.07, 6.45) is -1.25. The number of nitrogens with zero attached hydrogens (tertiary/aromatic N) is 1. The number of carbonyl (C=O) groups excluding carboxylic acids is 1. The number of benzene rings is 2. The number of hydrogen-bond donors (Lipinski definition) is 1. The molecular weight excluding hydrogens is 318 g/mol. The summed E-state index contributed by atoms with van der Waals surface area (Å²) < 4.78 is 10.9. The van der Waals surface area contributed by atoms with Gasteiger partial charge in [0, 0.05) is 6.04 Å². The summed E-state index contributed by atoms with van der Waals surface area (Å²) in [7, 11) is 0. The second-order valence-electron chi connectivity index (χ2n) is 6.06. The Morgan fingerprint density at radius 1 is 1.04 bits per heavy atom. The first-order valence-corrected chi connectivity index (χ1v) is 8.39. The van der Waals surface area contributed by atoms with Gasteiger partial charge in [0.15, 0.2) is 0 Å². The van der Waals surface area contributed by atoms with Gasteiger partial charge >= 0.3 is 6.09 Å². The van der Waals surface area contributed by atoms with Crippen LogP contribution in [0.1, 0.15) is 19.4 Å². The van der Waals surface area contributed by atoms with E-state index in [0.29, 0.717) is 5.75 Å². The Morgan fingerprint density at radius 3 is 2.24 bits per heavy atom. The molecule has 0 heterocycles. The van der Waals surface area contributed by atoms with E-state index < -0.39 is 12.2 Å². The van der Waals surface area contributed by atoms with Gasteiger partial charge in [-0.3, -0.25) is 0 Å². The molecule has 2 rings (SSSR count). The molecule has 0 aliphatic heterocycles. The number of para-hydroxylation sites is 1. The molecule has 1 atom stereocenters. The molecule has 134 valence electrons. The maximum absolute atomic E-state index is 12.3. The van der Waals surface area contributed by atoms with Crippen molar-refractivity contribution in [2.45, 2.75) is 32.6 Å². The largest absolute Gasteiger partial charge is 0.491 e. The Hall–Kier alpha value is -2.53. The minimum atomic E-state index is -0.799. The van der Waals surface area contributed by atoms with E-state index in [1.165, 1.54) is 4.90 Å². The van der Waals surface area contributed by atoms with E-state index in [1.807, 2.05) is 74.5 Å². The van der Waals surface area contributed by atoms with Gasteiger partial charge in [0.2, 0.25) is 0 Å². The predicted molar refractivity (Wildman–Crippen MR) is 96.4 cm³/mol. The minimum absolute atomic E-state index is 0.0883.